The molecule has 1 aliphatic carbocycles. The lowest BCUT2D eigenvalue weighted by atomic mass is 9.92. The smallest absolute Gasteiger partial charge is 0.254 e. The first-order valence-electron chi connectivity index (χ1n) is 12.3. The van der Waals surface area contributed by atoms with Gasteiger partial charge in [-0.2, -0.15) is 0 Å². The number of aromatic nitrogens is 2. The third kappa shape index (κ3) is 4.25. The van der Waals surface area contributed by atoms with Crippen LogP contribution in [0.15, 0.2) is 35.1 Å². The largest absolute Gasteiger partial charge is 0.341 e. The van der Waals surface area contributed by atoms with E-state index >= 15 is 0 Å². The first-order valence-corrected chi connectivity index (χ1v) is 12.3. The molecule has 1 saturated carbocycles. The van der Waals surface area contributed by atoms with Crippen molar-refractivity contribution in [1.29, 1.82) is 0 Å². The molecule has 0 bridgehead atoms. The van der Waals surface area contributed by atoms with Crippen molar-refractivity contribution in [3.63, 3.8) is 0 Å². The molecule has 5 rings (SSSR count). The van der Waals surface area contributed by atoms with E-state index in [9.17, 15) is 9.59 Å². The van der Waals surface area contributed by atoms with Crippen LogP contribution in [-0.2, 0) is 17.8 Å². The fraction of sp³-hybridized carbons (Fsp3) is 0.577. The molecule has 0 unspecified atom stereocenters. The Morgan fingerprint density at radius 2 is 1.88 bits per heavy atom. The van der Waals surface area contributed by atoms with Crippen molar-refractivity contribution in [2.24, 2.45) is 0 Å². The van der Waals surface area contributed by atoms with Crippen molar-refractivity contribution in [2.45, 2.75) is 76.3 Å². The summed E-state index contributed by atoms with van der Waals surface area (Å²) in [7, 11) is 0. The van der Waals surface area contributed by atoms with Crippen LogP contribution in [0.25, 0.3) is 0 Å². The van der Waals surface area contributed by atoms with Crippen molar-refractivity contribution >= 4 is 5.91 Å². The van der Waals surface area contributed by atoms with E-state index < -0.39 is 0 Å². The normalized spacial score (nSPS) is 23.2. The lowest BCUT2D eigenvalue weighted by molar-refractivity contribution is -0.131. The second-order valence-electron chi connectivity index (χ2n) is 9.79. The van der Waals surface area contributed by atoms with Crippen LogP contribution in [0.1, 0.15) is 79.9 Å². The van der Waals surface area contributed by atoms with Gasteiger partial charge in [-0.25, -0.2) is 4.98 Å². The molecule has 2 fully saturated rings. The van der Waals surface area contributed by atoms with E-state index in [-0.39, 0.29) is 23.3 Å². The Hall–Kier alpha value is -2.47. The third-order valence-electron chi connectivity index (χ3n) is 7.77. The molecule has 1 N–H and O–H groups in total. The van der Waals surface area contributed by atoms with Crippen LogP contribution in [0.4, 0.5) is 0 Å². The summed E-state index contributed by atoms with van der Waals surface area (Å²) in [5.74, 6) is 0.865. The summed E-state index contributed by atoms with van der Waals surface area (Å²) in [6, 6.07) is 10.6. The van der Waals surface area contributed by atoms with E-state index in [1.165, 1.54) is 32.1 Å². The molecule has 2 atom stereocenters. The number of H-pyrrole nitrogens is 1. The number of nitrogens with zero attached hydrogens (tertiary/aromatic N) is 3. The van der Waals surface area contributed by atoms with Crippen LogP contribution in [0, 0.1) is 0 Å². The third-order valence-corrected chi connectivity index (χ3v) is 7.77. The summed E-state index contributed by atoms with van der Waals surface area (Å²) in [6.45, 7) is 5.08. The summed E-state index contributed by atoms with van der Waals surface area (Å²) in [5, 5.41) is 0. The second-order valence-corrected chi connectivity index (χ2v) is 9.79. The SMILES string of the molecule is C[C@@H](C(=O)N1CC[C@H](c2nc3c(c(=O)[nH]2)CCN(C2CCCCC2)C3)C1)c1ccccc1. The van der Waals surface area contributed by atoms with Crippen LogP contribution in [-0.4, -0.2) is 51.4 Å². The lowest BCUT2D eigenvalue weighted by Crippen LogP contribution is -2.42. The van der Waals surface area contributed by atoms with Gasteiger partial charge in [-0.3, -0.25) is 14.5 Å². The van der Waals surface area contributed by atoms with Gasteiger partial charge in [0.2, 0.25) is 5.91 Å². The Morgan fingerprint density at radius 1 is 1.09 bits per heavy atom. The standard InChI is InChI=1S/C26H34N4O2/c1-18(19-8-4-2-5-9-19)26(32)30-14-12-20(16-30)24-27-23-17-29(21-10-6-3-7-11-21)15-13-22(23)25(31)28-24/h2,4-5,8-9,18,20-21H,3,6-7,10-17H2,1H3,(H,27,28,31)/t18-,20+/m1/s1. The molecule has 1 aromatic heterocycles. The van der Waals surface area contributed by atoms with Gasteiger partial charge in [0.1, 0.15) is 5.82 Å². The van der Waals surface area contributed by atoms with Gasteiger partial charge in [-0.05, 0) is 38.2 Å². The minimum Gasteiger partial charge on any atom is -0.341 e. The van der Waals surface area contributed by atoms with Crippen molar-refractivity contribution in [3.8, 4) is 0 Å². The maximum atomic E-state index is 13.1. The zero-order chi connectivity index (χ0) is 22.1. The van der Waals surface area contributed by atoms with Crippen LogP contribution in [0.5, 0.6) is 0 Å². The predicted octanol–water partition coefficient (Wildman–Crippen LogP) is 3.58. The van der Waals surface area contributed by atoms with Crippen molar-refractivity contribution < 1.29 is 4.79 Å². The topological polar surface area (TPSA) is 69.3 Å². The first kappa shape index (κ1) is 21.4. The fourth-order valence-corrected chi connectivity index (χ4v) is 5.77. The van der Waals surface area contributed by atoms with Crippen molar-refractivity contribution in [3.05, 3.63) is 63.3 Å². The highest BCUT2D eigenvalue weighted by Crippen LogP contribution is 2.30. The molecule has 1 aromatic carbocycles. The zero-order valence-electron chi connectivity index (χ0n) is 19.1. The maximum Gasteiger partial charge on any atom is 0.254 e. The average Bonchev–Trinajstić information content (AvgIpc) is 3.34. The summed E-state index contributed by atoms with van der Waals surface area (Å²) in [4.78, 5) is 38.4. The molecular formula is C26H34N4O2. The highest BCUT2D eigenvalue weighted by Gasteiger charge is 2.33. The molecule has 0 radical (unpaired) electrons. The number of fused-ring (bicyclic) bond motifs is 1. The van der Waals surface area contributed by atoms with E-state index in [0.717, 1.165) is 55.1 Å². The van der Waals surface area contributed by atoms with E-state index in [0.29, 0.717) is 12.6 Å². The number of carbonyl (C=O) groups is 1. The number of hydrogen-bond acceptors (Lipinski definition) is 4. The summed E-state index contributed by atoms with van der Waals surface area (Å²) in [6.07, 6.45) is 8.16. The minimum absolute atomic E-state index is 0.0238. The molecule has 0 spiro atoms. The Morgan fingerprint density at radius 3 is 2.66 bits per heavy atom. The number of benzene rings is 1. The van der Waals surface area contributed by atoms with E-state index in [2.05, 4.69) is 9.88 Å². The van der Waals surface area contributed by atoms with Gasteiger partial charge in [0.05, 0.1) is 11.6 Å². The highest BCUT2D eigenvalue weighted by atomic mass is 16.2. The lowest BCUT2D eigenvalue weighted by Gasteiger charge is -2.37. The van der Waals surface area contributed by atoms with Crippen LogP contribution in [0.3, 0.4) is 0 Å². The molecule has 170 valence electrons. The summed E-state index contributed by atoms with van der Waals surface area (Å²) in [5.41, 5.74) is 2.90. The van der Waals surface area contributed by atoms with Crippen LogP contribution < -0.4 is 5.56 Å². The molecule has 2 aliphatic heterocycles. The molecule has 6 heteroatoms. The molecule has 3 aliphatic rings. The van der Waals surface area contributed by atoms with Gasteiger partial charge in [-0.15, -0.1) is 0 Å². The Bertz CT molecular complexity index is 1010. The van der Waals surface area contributed by atoms with Crippen molar-refractivity contribution in [2.75, 3.05) is 19.6 Å². The number of nitrogens with one attached hydrogen (secondary N) is 1. The number of carbonyl (C=O) groups excluding carboxylic acids is 1. The zero-order valence-corrected chi connectivity index (χ0v) is 19.1. The van der Waals surface area contributed by atoms with Gasteiger partial charge in [0.25, 0.3) is 5.56 Å². The first-order chi connectivity index (χ1) is 15.6. The number of hydrogen-bond donors (Lipinski definition) is 1. The number of amides is 1. The van der Waals surface area contributed by atoms with E-state index in [1.54, 1.807) is 0 Å². The van der Waals surface area contributed by atoms with E-state index in [1.807, 2.05) is 42.2 Å². The van der Waals surface area contributed by atoms with Gasteiger partial charge in [0.15, 0.2) is 0 Å². The van der Waals surface area contributed by atoms with Gasteiger partial charge < -0.3 is 9.88 Å². The monoisotopic (exact) mass is 434 g/mol. The average molecular weight is 435 g/mol. The summed E-state index contributed by atoms with van der Waals surface area (Å²) >= 11 is 0. The quantitative estimate of drug-likeness (QED) is 0.799. The minimum atomic E-state index is -0.158. The van der Waals surface area contributed by atoms with Gasteiger partial charge in [0, 0.05) is 43.7 Å². The van der Waals surface area contributed by atoms with Crippen LogP contribution in [0.2, 0.25) is 0 Å². The fourth-order valence-electron chi connectivity index (χ4n) is 5.77. The Kier molecular flexibility index (Phi) is 6.13. The number of likely N-dealkylation sites (tertiary alicyclic amines) is 1. The Labute approximate surface area is 190 Å². The van der Waals surface area contributed by atoms with E-state index in [4.69, 9.17) is 4.98 Å². The number of rotatable bonds is 4. The molecule has 3 heterocycles. The van der Waals surface area contributed by atoms with Gasteiger partial charge >= 0.3 is 0 Å². The predicted molar refractivity (Wildman–Crippen MR) is 125 cm³/mol. The highest BCUT2D eigenvalue weighted by molar-refractivity contribution is 5.83. The summed E-state index contributed by atoms with van der Waals surface area (Å²) < 4.78 is 0. The van der Waals surface area contributed by atoms with Crippen LogP contribution >= 0.6 is 0 Å². The van der Waals surface area contributed by atoms with Crippen molar-refractivity contribution in [1.82, 2.24) is 19.8 Å². The van der Waals surface area contributed by atoms with Gasteiger partial charge in [-0.1, -0.05) is 49.6 Å². The molecule has 2 aromatic rings. The molecule has 6 nitrogen and oxygen atoms in total. The maximum absolute atomic E-state index is 13.1. The molecule has 32 heavy (non-hydrogen) atoms. The molecule has 1 saturated heterocycles. The second kappa shape index (κ2) is 9.18. The molecular weight excluding hydrogens is 400 g/mol. The Balaban J connectivity index is 1.29. The number of aromatic amines is 1. The molecule has 1 amide bonds.